The molecule has 4 nitrogen and oxygen atoms in total. The lowest BCUT2D eigenvalue weighted by Gasteiger charge is -2.15. The van der Waals surface area contributed by atoms with Crippen LogP contribution in [0.4, 0.5) is 10.1 Å². The quantitative estimate of drug-likeness (QED) is 0.496. The molecule has 0 spiro atoms. The van der Waals surface area contributed by atoms with Crippen LogP contribution in [0.25, 0.3) is 0 Å². The average molecular weight is 388 g/mol. The number of oxime groups is 1. The van der Waals surface area contributed by atoms with Crippen molar-refractivity contribution in [3.63, 3.8) is 0 Å². The molecule has 2 aromatic carbocycles. The van der Waals surface area contributed by atoms with Crippen LogP contribution in [-0.4, -0.2) is 30.5 Å². The van der Waals surface area contributed by atoms with E-state index in [4.69, 9.17) is 16.4 Å². The Morgan fingerprint density at radius 2 is 2.11 bits per heavy atom. The SMILES string of the molecule is CCN(C)C=Nc1cc(C)c(C2CC(c3c(F)cccc3Cl)=NO2)cc1C. The average Bonchev–Trinajstić information content (AvgIpc) is 3.11. The highest BCUT2D eigenvalue weighted by Crippen LogP contribution is 2.36. The van der Waals surface area contributed by atoms with E-state index >= 15 is 0 Å². The maximum atomic E-state index is 14.2. The smallest absolute Gasteiger partial charge is 0.158 e. The van der Waals surface area contributed by atoms with Gasteiger partial charge in [-0.15, -0.1) is 0 Å². The molecule has 0 aromatic heterocycles. The molecule has 1 aliphatic rings. The molecular weight excluding hydrogens is 365 g/mol. The predicted octanol–water partition coefficient (Wildman–Crippen LogP) is 5.57. The number of hydrogen-bond acceptors (Lipinski definition) is 3. The molecule has 0 amide bonds. The van der Waals surface area contributed by atoms with Crippen molar-refractivity contribution in [2.24, 2.45) is 10.1 Å². The molecule has 1 atom stereocenters. The fourth-order valence-corrected chi connectivity index (χ4v) is 3.29. The maximum Gasteiger partial charge on any atom is 0.158 e. The molecular formula is C21H23ClFN3O. The number of benzene rings is 2. The van der Waals surface area contributed by atoms with Gasteiger partial charge < -0.3 is 9.74 Å². The molecule has 0 radical (unpaired) electrons. The zero-order valence-electron chi connectivity index (χ0n) is 16.0. The van der Waals surface area contributed by atoms with Crippen molar-refractivity contribution in [1.82, 2.24) is 4.90 Å². The summed E-state index contributed by atoms with van der Waals surface area (Å²) in [5.41, 5.74) is 4.92. The minimum absolute atomic E-state index is 0.259. The highest BCUT2D eigenvalue weighted by molar-refractivity contribution is 6.34. The van der Waals surface area contributed by atoms with Crippen molar-refractivity contribution in [3.8, 4) is 0 Å². The molecule has 27 heavy (non-hydrogen) atoms. The fraction of sp³-hybridized carbons (Fsp3) is 0.333. The number of hydrogen-bond donors (Lipinski definition) is 0. The summed E-state index contributed by atoms with van der Waals surface area (Å²) in [7, 11) is 1.99. The van der Waals surface area contributed by atoms with Gasteiger partial charge in [0.05, 0.1) is 28.3 Å². The fourth-order valence-electron chi connectivity index (χ4n) is 3.02. The highest BCUT2D eigenvalue weighted by atomic mass is 35.5. The number of halogens is 2. The van der Waals surface area contributed by atoms with Crippen LogP contribution >= 0.6 is 11.6 Å². The first kappa shape index (κ1) is 19.4. The van der Waals surface area contributed by atoms with Crippen molar-refractivity contribution >= 4 is 29.3 Å². The van der Waals surface area contributed by atoms with Crippen molar-refractivity contribution in [1.29, 1.82) is 0 Å². The van der Waals surface area contributed by atoms with Crippen LogP contribution in [0, 0.1) is 19.7 Å². The molecule has 2 aromatic rings. The van der Waals surface area contributed by atoms with Crippen molar-refractivity contribution < 1.29 is 9.23 Å². The van der Waals surface area contributed by atoms with Crippen LogP contribution in [0.5, 0.6) is 0 Å². The second-order valence-corrected chi connectivity index (χ2v) is 7.15. The van der Waals surface area contributed by atoms with E-state index in [0.29, 0.717) is 22.7 Å². The summed E-state index contributed by atoms with van der Waals surface area (Å²) in [6, 6.07) is 8.73. The zero-order valence-corrected chi connectivity index (χ0v) is 16.7. The van der Waals surface area contributed by atoms with E-state index in [0.717, 1.165) is 28.9 Å². The van der Waals surface area contributed by atoms with Crippen molar-refractivity contribution in [3.05, 3.63) is 63.4 Å². The van der Waals surface area contributed by atoms with Crippen LogP contribution in [0.1, 0.15) is 41.7 Å². The van der Waals surface area contributed by atoms with Gasteiger partial charge in [-0.1, -0.05) is 22.8 Å². The lowest BCUT2D eigenvalue weighted by molar-refractivity contribution is 0.0852. The Labute approximate surface area is 164 Å². The van der Waals surface area contributed by atoms with Gasteiger partial charge in [-0.25, -0.2) is 9.38 Å². The minimum atomic E-state index is -0.386. The molecule has 1 aliphatic heterocycles. The van der Waals surface area contributed by atoms with E-state index in [9.17, 15) is 4.39 Å². The van der Waals surface area contributed by atoms with Crippen molar-refractivity contribution in [2.75, 3.05) is 13.6 Å². The third-order valence-corrected chi connectivity index (χ3v) is 5.06. The number of aryl methyl sites for hydroxylation is 2. The molecule has 142 valence electrons. The lowest BCUT2D eigenvalue weighted by atomic mass is 9.95. The molecule has 0 bridgehead atoms. The second-order valence-electron chi connectivity index (χ2n) is 6.75. The van der Waals surface area contributed by atoms with Gasteiger partial charge >= 0.3 is 0 Å². The second kappa shape index (κ2) is 8.09. The van der Waals surface area contributed by atoms with E-state index < -0.39 is 0 Å². The maximum absolute atomic E-state index is 14.2. The van der Waals surface area contributed by atoms with E-state index in [1.807, 2.05) is 38.2 Å². The van der Waals surface area contributed by atoms with E-state index in [1.54, 1.807) is 12.1 Å². The van der Waals surface area contributed by atoms with Gasteiger partial charge in [0.1, 0.15) is 5.82 Å². The van der Waals surface area contributed by atoms with Gasteiger partial charge in [-0.05, 0) is 61.7 Å². The summed E-state index contributed by atoms with van der Waals surface area (Å²) in [4.78, 5) is 12.2. The topological polar surface area (TPSA) is 37.2 Å². The standard InChI is InChI=1S/C21H23ClFN3O/c1-5-26(4)12-24-18-10-13(2)15(9-14(18)3)20-11-19(25-27-20)21-16(22)7-6-8-17(21)23/h6-10,12,20H,5,11H2,1-4H3. The molecule has 0 fully saturated rings. The normalized spacial score (nSPS) is 16.5. The summed E-state index contributed by atoms with van der Waals surface area (Å²) < 4.78 is 14.2. The Kier molecular flexibility index (Phi) is 5.80. The Morgan fingerprint density at radius 3 is 2.81 bits per heavy atom. The third kappa shape index (κ3) is 4.14. The third-order valence-electron chi connectivity index (χ3n) is 4.74. The van der Waals surface area contributed by atoms with Crippen LogP contribution in [0.15, 0.2) is 40.5 Å². The Hall–Kier alpha value is -2.40. The minimum Gasteiger partial charge on any atom is -0.387 e. The molecule has 6 heteroatoms. The van der Waals surface area contributed by atoms with E-state index in [1.165, 1.54) is 6.07 Å². The Bertz CT molecular complexity index is 890. The highest BCUT2D eigenvalue weighted by Gasteiger charge is 2.28. The first-order valence-corrected chi connectivity index (χ1v) is 9.31. The van der Waals surface area contributed by atoms with E-state index in [2.05, 4.69) is 23.1 Å². The van der Waals surface area contributed by atoms with Crippen LogP contribution < -0.4 is 0 Å². The van der Waals surface area contributed by atoms with Gasteiger partial charge in [0.15, 0.2) is 6.10 Å². The van der Waals surface area contributed by atoms with E-state index in [-0.39, 0.29) is 11.9 Å². The van der Waals surface area contributed by atoms with Gasteiger partial charge in [-0.2, -0.15) is 0 Å². The van der Waals surface area contributed by atoms with Gasteiger partial charge in [0.25, 0.3) is 0 Å². The van der Waals surface area contributed by atoms with Gasteiger partial charge in [0.2, 0.25) is 0 Å². The monoisotopic (exact) mass is 387 g/mol. The molecule has 3 rings (SSSR count). The summed E-state index contributed by atoms with van der Waals surface area (Å²) in [6.07, 6.45) is 2.04. The van der Waals surface area contributed by atoms with Crippen LogP contribution in [0.2, 0.25) is 5.02 Å². The molecule has 0 saturated heterocycles. The van der Waals surface area contributed by atoms with Crippen LogP contribution in [-0.2, 0) is 4.84 Å². The summed E-state index contributed by atoms with van der Waals surface area (Å²) in [5, 5.41) is 4.45. The number of nitrogens with zero attached hydrogens (tertiary/aromatic N) is 3. The zero-order chi connectivity index (χ0) is 19.6. The first-order valence-electron chi connectivity index (χ1n) is 8.93. The molecule has 0 N–H and O–H groups in total. The van der Waals surface area contributed by atoms with Crippen LogP contribution in [0.3, 0.4) is 0 Å². The summed E-state index contributed by atoms with van der Waals surface area (Å²) in [6.45, 7) is 7.01. The predicted molar refractivity (Wildman–Crippen MR) is 109 cm³/mol. The Morgan fingerprint density at radius 1 is 1.33 bits per heavy atom. The molecule has 0 saturated carbocycles. The molecule has 0 aliphatic carbocycles. The largest absolute Gasteiger partial charge is 0.387 e. The summed E-state index contributed by atoms with van der Waals surface area (Å²) >= 11 is 6.16. The Balaban J connectivity index is 1.83. The van der Waals surface area contributed by atoms with Gasteiger partial charge in [-0.3, -0.25) is 0 Å². The van der Waals surface area contributed by atoms with Crippen molar-refractivity contribution in [2.45, 2.75) is 33.3 Å². The number of rotatable bonds is 5. The molecule has 1 heterocycles. The molecule has 1 unspecified atom stereocenters. The first-order chi connectivity index (χ1) is 12.9. The summed E-state index contributed by atoms with van der Waals surface area (Å²) in [5.74, 6) is -0.386. The lowest BCUT2D eigenvalue weighted by Crippen LogP contribution is -2.14. The number of aliphatic imine (C=N–C) groups is 1. The van der Waals surface area contributed by atoms with Gasteiger partial charge in [0, 0.05) is 20.0 Å².